The first-order valence-corrected chi connectivity index (χ1v) is 5.83. The molecule has 1 amide bonds. The number of carbonyl (C=O) groups is 1. The molecule has 1 aromatic rings. The Morgan fingerprint density at radius 2 is 1.81 bits per heavy atom. The van der Waals surface area contributed by atoms with Crippen molar-refractivity contribution in [3.8, 4) is 0 Å². The Morgan fingerprint density at radius 3 is 2.25 bits per heavy atom. The van der Waals surface area contributed by atoms with Crippen molar-refractivity contribution in [2.45, 2.75) is 26.3 Å². The van der Waals surface area contributed by atoms with E-state index in [4.69, 9.17) is 11.6 Å². The molecule has 0 bridgehead atoms. The maximum absolute atomic E-state index is 12.1. The minimum absolute atomic E-state index is 0.00523. The van der Waals surface area contributed by atoms with Crippen molar-refractivity contribution < 1.29 is 4.79 Å². The van der Waals surface area contributed by atoms with E-state index in [0.717, 1.165) is 5.56 Å². The second-order valence-electron chi connectivity index (χ2n) is 4.68. The number of alkyl halides is 1. The molecule has 16 heavy (non-hydrogen) atoms. The highest BCUT2D eigenvalue weighted by Gasteiger charge is 2.27. The smallest absolute Gasteiger partial charge is 0.254 e. The first-order chi connectivity index (χ1) is 7.38. The lowest BCUT2D eigenvalue weighted by atomic mass is 10.0. The van der Waals surface area contributed by atoms with Crippen molar-refractivity contribution in [3.63, 3.8) is 0 Å². The lowest BCUT2D eigenvalue weighted by molar-refractivity contribution is 0.0660. The zero-order valence-electron chi connectivity index (χ0n) is 10.2. The van der Waals surface area contributed by atoms with Gasteiger partial charge in [-0.15, -0.1) is 11.6 Å². The highest BCUT2D eigenvalue weighted by Crippen LogP contribution is 2.17. The van der Waals surface area contributed by atoms with Crippen molar-refractivity contribution in [1.82, 2.24) is 4.90 Å². The number of nitrogens with zero attached hydrogens (tertiary/aromatic N) is 1. The SMILES string of the molecule is Cc1ccc(C(=O)N(C)C(C)(C)CCl)cc1. The zero-order valence-corrected chi connectivity index (χ0v) is 11.0. The number of rotatable bonds is 3. The Morgan fingerprint density at radius 1 is 1.31 bits per heavy atom. The van der Waals surface area contributed by atoms with Crippen LogP contribution in [0.5, 0.6) is 0 Å². The van der Waals surface area contributed by atoms with E-state index in [0.29, 0.717) is 11.4 Å². The predicted molar refractivity (Wildman–Crippen MR) is 68.1 cm³/mol. The van der Waals surface area contributed by atoms with Crippen LogP contribution >= 0.6 is 11.6 Å². The standard InChI is InChI=1S/C13H18ClNO/c1-10-5-7-11(8-6-10)12(16)15(4)13(2,3)9-14/h5-8H,9H2,1-4H3. The third-order valence-corrected chi connectivity index (χ3v) is 3.49. The summed E-state index contributed by atoms with van der Waals surface area (Å²) < 4.78 is 0. The van der Waals surface area contributed by atoms with Crippen molar-refractivity contribution >= 4 is 17.5 Å². The normalized spacial score (nSPS) is 11.3. The summed E-state index contributed by atoms with van der Waals surface area (Å²) in [6.45, 7) is 5.90. The molecule has 3 heteroatoms. The monoisotopic (exact) mass is 239 g/mol. The molecule has 0 heterocycles. The first kappa shape index (κ1) is 13.0. The van der Waals surface area contributed by atoms with Crippen LogP contribution in [-0.2, 0) is 0 Å². The van der Waals surface area contributed by atoms with E-state index in [9.17, 15) is 4.79 Å². The molecule has 2 nitrogen and oxygen atoms in total. The highest BCUT2D eigenvalue weighted by atomic mass is 35.5. The summed E-state index contributed by atoms with van der Waals surface area (Å²) in [5.41, 5.74) is 1.52. The molecule has 0 N–H and O–H groups in total. The van der Waals surface area contributed by atoms with E-state index in [2.05, 4.69) is 0 Å². The number of hydrogen-bond acceptors (Lipinski definition) is 1. The third-order valence-electron chi connectivity index (χ3n) is 2.84. The van der Waals surface area contributed by atoms with Gasteiger partial charge in [-0.3, -0.25) is 4.79 Å². The van der Waals surface area contributed by atoms with E-state index < -0.39 is 0 Å². The Labute approximate surface area is 102 Å². The maximum atomic E-state index is 12.1. The second-order valence-corrected chi connectivity index (χ2v) is 4.94. The maximum Gasteiger partial charge on any atom is 0.254 e. The van der Waals surface area contributed by atoms with Gasteiger partial charge in [0.1, 0.15) is 0 Å². The van der Waals surface area contributed by atoms with Crippen LogP contribution in [0.3, 0.4) is 0 Å². The number of aryl methyl sites for hydroxylation is 1. The Balaban J connectivity index is 2.90. The molecular formula is C13H18ClNO. The van der Waals surface area contributed by atoms with Crippen molar-refractivity contribution in [2.75, 3.05) is 12.9 Å². The molecule has 0 radical (unpaired) electrons. The Kier molecular flexibility index (Phi) is 3.98. The van der Waals surface area contributed by atoms with Gasteiger partial charge in [-0.1, -0.05) is 17.7 Å². The van der Waals surface area contributed by atoms with Gasteiger partial charge in [-0.05, 0) is 32.9 Å². The molecule has 0 saturated heterocycles. The van der Waals surface area contributed by atoms with Crippen LogP contribution in [0, 0.1) is 6.92 Å². The molecule has 0 unspecified atom stereocenters. The summed E-state index contributed by atoms with van der Waals surface area (Å²) >= 11 is 5.85. The van der Waals surface area contributed by atoms with Gasteiger partial charge in [0.25, 0.3) is 5.91 Å². The van der Waals surface area contributed by atoms with Crippen LogP contribution in [-0.4, -0.2) is 29.3 Å². The van der Waals surface area contributed by atoms with Crippen LogP contribution < -0.4 is 0 Å². The molecule has 0 aromatic heterocycles. The topological polar surface area (TPSA) is 20.3 Å². The van der Waals surface area contributed by atoms with E-state index in [1.54, 1.807) is 11.9 Å². The Bertz CT molecular complexity index is 370. The summed E-state index contributed by atoms with van der Waals surface area (Å²) in [6, 6.07) is 7.57. The third kappa shape index (κ3) is 2.76. The van der Waals surface area contributed by atoms with Gasteiger partial charge >= 0.3 is 0 Å². The molecule has 1 rings (SSSR count). The molecule has 0 aliphatic rings. The van der Waals surface area contributed by atoms with Gasteiger partial charge in [0.15, 0.2) is 0 Å². The van der Waals surface area contributed by atoms with Crippen LogP contribution in [0.15, 0.2) is 24.3 Å². The zero-order chi connectivity index (χ0) is 12.3. The molecule has 1 aromatic carbocycles. The number of benzene rings is 1. The highest BCUT2D eigenvalue weighted by molar-refractivity contribution is 6.18. The molecule has 0 fully saturated rings. The van der Waals surface area contributed by atoms with E-state index in [-0.39, 0.29) is 11.4 Å². The fourth-order valence-electron chi connectivity index (χ4n) is 1.25. The first-order valence-electron chi connectivity index (χ1n) is 5.29. The van der Waals surface area contributed by atoms with Gasteiger partial charge in [0, 0.05) is 18.5 Å². The van der Waals surface area contributed by atoms with Crippen molar-refractivity contribution in [2.24, 2.45) is 0 Å². The van der Waals surface area contributed by atoms with Crippen molar-refractivity contribution in [3.05, 3.63) is 35.4 Å². The average molecular weight is 240 g/mol. The van der Waals surface area contributed by atoms with Gasteiger partial charge in [-0.2, -0.15) is 0 Å². The quantitative estimate of drug-likeness (QED) is 0.743. The fourth-order valence-corrected chi connectivity index (χ4v) is 1.43. The molecular weight excluding hydrogens is 222 g/mol. The number of carbonyl (C=O) groups excluding carboxylic acids is 1. The van der Waals surface area contributed by atoms with Crippen LogP contribution in [0.25, 0.3) is 0 Å². The minimum atomic E-state index is -0.330. The molecule has 0 atom stereocenters. The molecule has 0 aliphatic heterocycles. The van der Waals surface area contributed by atoms with Gasteiger partial charge < -0.3 is 4.90 Å². The molecule has 88 valence electrons. The number of amides is 1. The van der Waals surface area contributed by atoms with Crippen LogP contribution in [0.1, 0.15) is 29.8 Å². The van der Waals surface area contributed by atoms with E-state index in [1.807, 2.05) is 45.0 Å². The molecule has 0 spiro atoms. The van der Waals surface area contributed by atoms with E-state index in [1.165, 1.54) is 0 Å². The average Bonchev–Trinajstić information content (AvgIpc) is 2.28. The van der Waals surface area contributed by atoms with Gasteiger partial charge in [-0.25, -0.2) is 0 Å². The summed E-state index contributed by atoms with van der Waals surface area (Å²) in [7, 11) is 1.78. The number of halogens is 1. The summed E-state index contributed by atoms with van der Waals surface area (Å²) in [4.78, 5) is 13.8. The summed E-state index contributed by atoms with van der Waals surface area (Å²) in [6.07, 6.45) is 0. The fraction of sp³-hybridized carbons (Fsp3) is 0.462. The van der Waals surface area contributed by atoms with Crippen LogP contribution in [0.2, 0.25) is 0 Å². The van der Waals surface area contributed by atoms with Crippen LogP contribution in [0.4, 0.5) is 0 Å². The number of hydrogen-bond donors (Lipinski definition) is 0. The lowest BCUT2D eigenvalue weighted by Gasteiger charge is -2.34. The summed E-state index contributed by atoms with van der Waals surface area (Å²) in [5, 5.41) is 0. The van der Waals surface area contributed by atoms with Gasteiger partial charge in [0.05, 0.1) is 5.54 Å². The minimum Gasteiger partial charge on any atom is -0.335 e. The van der Waals surface area contributed by atoms with E-state index >= 15 is 0 Å². The molecule has 0 aliphatic carbocycles. The lowest BCUT2D eigenvalue weighted by Crippen LogP contribution is -2.46. The van der Waals surface area contributed by atoms with Gasteiger partial charge in [0.2, 0.25) is 0 Å². The summed E-state index contributed by atoms with van der Waals surface area (Å²) in [5.74, 6) is 0.423. The Hall–Kier alpha value is -1.02. The molecule has 0 saturated carbocycles. The van der Waals surface area contributed by atoms with Crippen molar-refractivity contribution in [1.29, 1.82) is 0 Å². The largest absolute Gasteiger partial charge is 0.335 e. The predicted octanol–water partition coefficient (Wildman–Crippen LogP) is 3.08. The second kappa shape index (κ2) is 4.88.